The summed E-state index contributed by atoms with van der Waals surface area (Å²) in [5.41, 5.74) is 0.186. The first-order valence-corrected chi connectivity index (χ1v) is 6.22. The van der Waals surface area contributed by atoms with Crippen molar-refractivity contribution in [1.29, 1.82) is 0 Å². The van der Waals surface area contributed by atoms with Crippen molar-refractivity contribution in [2.24, 2.45) is 5.41 Å². The Kier molecular flexibility index (Phi) is 4.54. The quantitative estimate of drug-likeness (QED) is 0.551. The van der Waals surface area contributed by atoms with Gasteiger partial charge in [0, 0.05) is 0 Å². The highest BCUT2D eigenvalue weighted by molar-refractivity contribution is 6.29. The minimum atomic E-state index is -0.886. The van der Waals surface area contributed by atoms with Gasteiger partial charge in [0.2, 0.25) is 0 Å². The van der Waals surface area contributed by atoms with Crippen molar-refractivity contribution in [2.75, 3.05) is 0 Å². The number of hydrogen-bond donors (Lipinski definition) is 0. The highest BCUT2D eigenvalue weighted by Crippen LogP contribution is 2.36. The Morgan fingerprint density at radius 3 is 2.41 bits per heavy atom. The van der Waals surface area contributed by atoms with Crippen LogP contribution in [0.25, 0.3) is 0 Å². The third-order valence-corrected chi connectivity index (χ3v) is 2.94. The van der Waals surface area contributed by atoms with Crippen LogP contribution in [0.4, 0.5) is 0 Å². The van der Waals surface area contributed by atoms with Crippen molar-refractivity contribution in [2.45, 2.75) is 65.6 Å². The number of carbonyl (C=O) groups excluding carboxylic acids is 2. The van der Waals surface area contributed by atoms with Crippen LogP contribution in [0, 0.1) is 5.41 Å². The molecule has 1 atom stereocenters. The van der Waals surface area contributed by atoms with Crippen molar-refractivity contribution < 1.29 is 19.1 Å². The molecule has 0 aromatic heterocycles. The Hall–Kier alpha value is -1.06. The molecule has 1 unspecified atom stereocenters. The van der Waals surface area contributed by atoms with Gasteiger partial charge >= 0.3 is 11.9 Å². The SMILES string of the molecule is CC(C)OC(=O)C(=O)OC1CCCC(C)(C)C1. The summed E-state index contributed by atoms with van der Waals surface area (Å²) < 4.78 is 9.97. The molecule has 98 valence electrons. The van der Waals surface area contributed by atoms with E-state index in [0.29, 0.717) is 0 Å². The van der Waals surface area contributed by atoms with E-state index in [9.17, 15) is 9.59 Å². The second-order valence-corrected chi connectivity index (χ2v) is 5.74. The third kappa shape index (κ3) is 4.75. The molecule has 0 heterocycles. The Balaban J connectivity index is 2.43. The maximum Gasteiger partial charge on any atom is 0.417 e. The predicted molar refractivity (Wildman–Crippen MR) is 63.4 cm³/mol. The fourth-order valence-corrected chi connectivity index (χ4v) is 2.19. The summed E-state index contributed by atoms with van der Waals surface area (Å²) in [5.74, 6) is -1.75. The van der Waals surface area contributed by atoms with Crippen LogP contribution in [0.1, 0.15) is 53.4 Å². The largest absolute Gasteiger partial charge is 0.455 e. The number of hydrogen-bond acceptors (Lipinski definition) is 4. The van der Waals surface area contributed by atoms with Gasteiger partial charge in [-0.1, -0.05) is 13.8 Å². The zero-order valence-corrected chi connectivity index (χ0v) is 11.1. The van der Waals surface area contributed by atoms with Crippen LogP contribution < -0.4 is 0 Å². The molecule has 1 aliphatic carbocycles. The van der Waals surface area contributed by atoms with E-state index in [-0.39, 0.29) is 17.6 Å². The lowest BCUT2D eigenvalue weighted by Gasteiger charge is -2.34. The van der Waals surface area contributed by atoms with Crippen LogP contribution in [0.3, 0.4) is 0 Å². The Morgan fingerprint density at radius 1 is 1.24 bits per heavy atom. The Morgan fingerprint density at radius 2 is 1.88 bits per heavy atom. The van der Waals surface area contributed by atoms with Crippen LogP contribution in [-0.2, 0) is 19.1 Å². The molecule has 4 nitrogen and oxygen atoms in total. The van der Waals surface area contributed by atoms with Crippen molar-refractivity contribution in [3.05, 3.63) is 0 Å². The van der Waals surface area contributed by atoms with Gasteiger partial charge in [-0.3, -0.25) is 0 Å². The van der Waals surface area contributed by atoms with Gasteiger partial charge in [-0.15, -0.1) is 0 Å². The van der Waals surface area contributed by atoms with Crippen LogP contribution in [0.5, 0.6) is 0 Å². The van der Waals surface area contributed by atoms with Crippen molar-refractivity contribution in [3.63, 3.8) is 0 Å². The molecule has 0 saturated heterocycles. The fraction of sp³-hybridized carbons (Fsp3) is 0.846. The van der Waals surface area contributed by atoms with E-state index in [0.717, 1.165) is 25.7 Å². The van der Waals surface area contributed by atoms with Crippen LogP contribution in [0.15, 0.2) is 0 Å². The normalized spacial score (nSPS) is 23.2. The highest BCUT2D eigenvalue weighted by atomic mass is 16.6. The van der Waals surface area contributed by atoms with E-state index in [1.165, 1.54) is 0 Å². The topological polar surface area (TPSA) is 52.6 Å². The molecule has 0 N–H and O–H groups in total. The van der Waals surface area contributed by atoms with E-state index in [1.54, 1.807) is 13.8 Å². The minimum absolute atomic E-state index is 0.147. The van der Waals surface area contributed by atoms with Gasteiger partial charge in [0.15, 0.2) is 0 Å². The van der Waals surface area contributed by atoms with Gasteiger partial charge in [-0.05, 0) is 44.9 Å². The van der Waals surface area contributed by atoms with Crippen molar-refractivity contribution in [1.82, 2.24) is 0 Å². The van der Waals surface area contributed by atoms with Crippen molar-refractivity contribution in [3.8, 4) is 0 Å². The van der Waals surface area contributed by atoms with Gasteiger partial charge in [0.05, 0.1) is 6.10 Å². The van der Waals surface area contributed by atoms with E-state index in [1.807, 2.05) is 0 Å². The first-order valence-electron chi connectivity index (χ1n) is 6.22. The number of ether oxygens (including phenoxy) is 2. The summed E-state index contributed by atoms with van der Waals surface area (Å²) in [6.45, 7) is 7.71. The first-order chi connectivity index (χ1) is 7.80. The summed E-state index contributed by atoms with van der Waals surface area (Å²) in [5, 5.41) is 0. The molecule has 0 bridgehead atoms. The minimum Gasteiger partial charge on any atom is -0.455 e. The van der Waals surface area contributed by atoms with Crippen LogP contribution >= 0.6 is 0 Å². The molecule has 0 spiro atoms. The zero-order chi connectivity index (χ0) is 13.1. The Bertz CT molecular complexity index is 294. The molecule has 0 radical (unpaired) electrons. The molecule has 0 aliphatic heterocycles. The maximum absolute atomic E-state index is 11.5. The lowest BCUT2D eigenvalue weighted by atomic mass is 9.76. The van der Waals surface area contributed by atoms with E-state index >= 15 is 0 Å². The lowest BCUT2D eigenvalue weighted by Crippen LogP contribution is -2.33. The summed E-state index contributed by atoms with van der Waals surface area (Å²) in [7, 11) is 0. The van der Waals surface area contributed by atoms with E-state index in [4.69, 9.17) is 9.47 Å². The van der Waals surface area contributed by atoms with Crippen molar-refractivity contribution >= 4 is 11.9 Å². The average molecular weight is 242 g/mol. The van der Waals surface area contributed by atoms with Crippen LogP contribution in [0.2, 0.25) is 0 Å². The second-order valence-electron chi connectivity index (χ2n) is 5.74. The van der Waals surface area contributed by atoms with Gasteiger partial charge < -0.3 is 9.47 Å². The van der Waals surface area contributed by atoms with E-state index in [2.05, 4.69) is 13.8 Å². The third-order valence-electron chi connectivity index (χ3n) is 2.94. The number of rotatable bonds is 2. The summed E-state index contributed by atoms with van der Waals surface area (Å²) in [4.78, 5) is 22.8. The average Bonchev–Trinajstić information content (AvgIpc) is 2.14. The maximum atomic E-state index is 11.5. The molecule has 1 fully saturated rings. The predicted octanol–water partition coefficient (Wildman–Crippen LogP) is 2.45. The summed E-state index contributed by atoms with van der Waals surface area (Å²) >= 11 is 0. The fourth-order valence-electron chi connectivity index (χ4n) is 2.19. The number of esters is 2. The van der Waals surface area contributed by atoms with Gasteiger partial charge in [-0.2, -0.15) is 0 Å². The molecule has 0 aromatic carbocycles. The molecule has 0 aromatic rings. The lowest BCUT2D eigenvalue weighted by molar-refractivity contribution is -0.175. The zero-order valence-electron chi connectivity index (χ0n) is 11.1. The molecular formula is C13H22O4. The molecule has 17 heavy (non-hydrogen) atoms. The van der Waals surface area contributed by atoms with Gasteiger partial charge in [0.1, 0.15) is 6.10 Å². The molecule has 1 aliphatic rings. The monoisotopic (exact) mass is 242 g/mol. The van der Waals surface area contributed by atoms with Gasteiger partial charge in [0.25, 0.3) is 0 Å². The smallest absolute Gasteiger partial charge is 0.417 e. The molecular weight excluding hydrogens is 220 g/mol. The molecule has 0 amide bonds. The van der Waals surface area contributed by atoms with Gasteiger partial charge in [-0.25, -0.2) is 9.59 Å². The summed E-state index contributed by atoms with van der Waals surface area (Å²) in [6.07, 6.45) is 3.38. The Labute approximate surface area is 103 Å². The standard InChI is InChI=1S/C13H22O4/c1-9(2)16-11(14)12(15)17-10-6-5-7-13(3,4)8-10/h9-10H,5-8H2,1-4H3. The molecule has 4 heteroatoms. The van der Waals surface area contributed by atoms with E-state index < -0.39 is 11.9 Å². The molecule has 1 rings (SSSR count). The molecule has 1 saturated carbocycles. The highest BCUT2D eigenvalue weighted by Gasteiger charge is 2.32. The van der Waals surface area contributed by atoms with Crippen LogP contribution in [-0.4, -0.2) is 24.1 Å². The summed E-state index contributed by atoms with van der Waals surface area (Å²) in [6, 6.07) is 0. The first kappa shape index (κ1) is 14.0. The second kappa shape index (κ2) is 5.52. The number of carbonyl (C=O) groups is 2.